The molecule has 0 heterocycles. The molecule has 2 unspecified atom stereocenters. The fourth-order valence-corrected chi connectivity index (χ4v) is 1.43. The molecular formula is C11H25N3O. The van der Waals surface area contributed by atoms with Crippen molar-refractivity contribution in [3.63, 3.8) is 0 Å². The van der Waals surface area contributed by atoms with Gasteiger partial charge in [-0.25, -0.2) is 0 Å². The third-order valence-electron chi connectivity index (χ3n) is 2.29. The van der Waals surface area contributed by atoms with Gasteiger partial charge in [-0.1, -0.05) is 13.8 Å². The van der Waals surface area contributed by atoms with Gasteiger partial charge in [0, 0.05) is 26.7 Å². The molecule has 15 heavy (non-hydrogen) atoms. The Labute approximate surface area is 93.2 Å². The Hall–Kier alpha value is -0.610. The molecular weight excluding hydrogens is 190 g/mol. The summed E-state index contributed by atoms with van der Waals surface area (Å²) in [4.78, 5) is 13.5. The van der Waals surface area contributed by atoms with Crippen molar-refractivity contribution in [1.82, 2.24) is 10.2 Å². The molecule has 0 spiro atoms. The maximum atomic E-state index is 11.9. The number of nitrogens with one attached hydrogen (secondary N) is 1. The maximum Gasteiger partial charge on any atom is 0.239 e. The Bertz CT molecular complexity index is 192. The van der Waals surface area contributed by atoms with Crippen LogP contribution in [0.5, 0.6) is 0 Å². The monoisotopic (exact) mass is 215 g/mol. The van der Waals surface area contributed by atoms with Gasteiger partial charge in [0.15, 0.2) is 0 Å². The summed E-state index contributed by atoms with van der Waals surface area (Å²) in [6.07, 6.45) is 0.849. The number of nitrogens with zero attached hydrogens (tertiary/aromatic N) is 1. The number of hydrogen-bond acceptors (Lipinski definition) is 3. The van der Waals surface area contributed by atoms with Crippen LogP contribution in [0.4, 0.5) is 0 Å². The summed E-state index contributed by atoms with van der Waals surface area (Å²) in [6, 6.07) is 0.0659. The van der Waals surface area contributed by atoms with E-state index in [0.717, 1.165) is 6.42 Å². The first kappa shape index (κ1) is 14.4. The average Bonchev–Trinajstić information content (AvgIpc) is 2.14. The number of hydrogen-bond donors (Lipinski definition) is 2. The molecule has 0 aromatic rings. The molecule has 0 saturated heterocycles. The molecule has 0 saturated carbocycles. The lowest BCUT2D eigenvalue weighted by Gasteiger charge is -2.25. The normalized spacial score (nSPS) is 15.1. The van der Waals surface area contributed by atoms with Gasteiger partial charge >= 0.3 is 0 Å². The molecule has 0 rings (SSSR count). The van der Waals surface area contributed by atoms with Crippen molar-refractivity contribution >= 4 is 5.91 Å². The number of amides is 1. The van der Waals surface area contributed by atoms with Crippen LogP contribution in [0.3, 0.4) is 0 Å². The summed E-state index contributed by atoms with van der Waals surface area (Å²) in [7, 11) is 3.56. The topological polar surface area (TPSA) is 58.4 Å². The molecule has 3 N–H and O–H groups in total. The minimum absolute atomic E-state index is 0.112. The maximum absolute atomic E-state index is 11.9. The first-order valence-corrected chi connectivity index (χ1v) is 5.55. The molecule has 2 atom stereocenters. The molecule has 4 nitrogen and oxygen atoms in total. The minimum Gasteiger partial charge on any atom is -0.347 e. The fourth-order valence-electron chi connectivity index (χ4n) is 1.43. The Morgan fingerprint density at radius 2 is 1.87 bits per heavy atom. The van der Waals surface area contributed by atoms with Gasteiger partial charge in [0.1, 0.15) is 0 Å². The summed E-state index contributed by atoms with van der Waals surface area (Å²) >= 11 is 0. The molecule has 0 fully saturated rings. The molecule has 0 aromatic carbocycles. The summed E-state index contributed by atoms with van der Waals surface area (Å²) in [5.41, 5.74) is 5.54. The molecule has 0 aliphatic rings. The lowest BCUT2D eigenvalue weighted by atomic mass is 10.0. The van der Waals surface area contributed by atoms with E-state index in [9.17, 15) is 4.79 Å². The molecule has 0 aliphatic carbocycles. The third-order valence-corrected chi connectivity index (χ3v) is 2.29. The van der Waals surface area contributed by atoms with E-state index in [1.165, 1.54) is 0 Å². The molecule has 0 radical (unpaired) electrons. The van der Waals surface area contributed by atoms with Crippen molar-refractivity contribution in [3.8, 4) is 0 Å². The van der Waals surface area contributed by atoms with Crippen molar-refractivity contribution in [2.75, 3.05) is 20.6 Å². The predicted octanol–water partition coefficient (Wildman–Crippen LogP) is 0.426. The number of nitrogens with two attached hydrogens (primary N) is 1. The Kier molecular flexibility index (Phi) is 6.52. The molecule has 0 aromatic heterocycles. The summed E-state index contributed by atoms with van der Waals surface area (Å²) in [5.74, 6) is 0.625. The van der Waals surface area contributed by atoms with Crippen LogP contribution in [0.25, 0.3) is 0 Å². The standard InChI is InChI=1S/C11H25N3O/c1-8(2)6-10(11(15)14(4)5)13-9(3)7-12/h8-10,13H,6-7,12H2,1-5H3. The van der Waals surface area contributed by atoms with Crippen LogP contribution in [0.2, 0.25) is 0 Å². The zero-order chi connectivity index (χ0) is 12.0. The minimum atomic E-state index is -0.112. The van der Waals surface area contributed by atoms with Crippen LogP contribution in [-0.2, 0) is 4.79 Å². The highest BCUT2D eigenvalue weighted by Gasteiger charge is 2.22. The van der Waals surface area contributed by atoms with Gasteiger partial charge in [0.2, 0.25) is 5.91 Å². The first-order chi connectivity index (χ1) is 6.88. The summed E-state index contributed by atoms with van der Waals surface area (Å²) in [6.45, 7) is 6.78. The van der Waals surface area contributed by atoms with E-state index in [0.29, 0.717) is 12.5 Å². The van der Waals surface area contributed by atoms with E-state index in [1.807, 2.05) is 6.92 Å². The predicted molar refractivity (Wildman–Crippen MR) is 63.6 cm³/mol. The zero-order valence-corrected chi connectivity index (χ0v) is 10.6. The van der Waals surface area contributed by atoms with Gasteiger partial charge in [0.05, 0.1) is 6.04 Å². The van der Waals surface area contributed by atoms with Crippen molar-refractivity contribution in [3.05, 3.63) is 0 Å². The largest absolute Gasteiger partial charge is 0.347 e. The Morgan fingerprint density at radius 1 is 1.33 bits per heavy atom. The smallest absolute Gasteiger partial charge is 0.239 e. The molecule has 0 bridgehead atoms. The van der Waals surface area contributed by atoms with Crippen molar-refractivity contribution in [2.45, 2.75) is 39.3 Å². The van der Waals surface area contributed by atoms with Crippen LogP contribution >= 0.6 is 0 Å². The lowest BCUT2D eigenvalue weighted by Crippen LogP contribution is -2.49. The number of carbonyl (C=O) groups excluding carboxylic acids is 1. The van der Waals surface area contributed by atoms with Crippen molar-refractivity contribution in [2.24, 2.45) is 11.7 Å². The number of rotatable bonds is 6. The van der Waals surface area contributed by atoms with Gasteiger partial charge < -0.3 is 16.0 Å². The van der Waals surface area contributed by atoms with Crippen LogP contribution in [0.15, 0.2) is 0 Å². The van der Waals surface area contributed by atoms with E-state index in [-0.39, 0.29) is 18.0 Å². The van der Waals surface area contributed by atoms with Crippen LogP contribution < -0.4 is 11.1 Å². The van der Waals surface area contributed by atoms with Crippen LogP contribution in [0, 0.1) is 5.92 Å². The van der Waals surface area contributed by atoms with Crippen molar-refractivity contribution < 1.29 is 4.79 Å². The molecule has 0 aliphatic heterocycles. The van der Waals surface area contributed by atoms with E-state index in [1.54, 1.807) is 19.0 Å². The van der Waals surface area contributed by atoms with Crippen LogP contribution in [0.1, 0.15) is 27.2 Å². The molecule has 1 amide bonds. The highest BCUT2D eigenvalue weighted by Crippen LogP contribution is 2.07. The third kappa shape index (κ3) is 5.74. The van der Waals surface area contributed by atoms with Gasteiger partial charge in [-0.2, -0.15) is 0 Å². The van der Waals surface area contributed by atoms with E-state index < -0.39 is 0 Å². The van der Waals surface area contributed by atoms with Gasteiger partial charge in [-0.3, -0.25) is 4.79 Å². The van der Waals surface area contributed by atoms with E-state index >= 15 is 0 Å². The zero-order valence-electron chi connectivity index (χ0n) is 10.6. The van der Waals surface area contributed by atoms with Gasteiger partial charge in [0.25, 0.3) is 0 Å². The van der Waals surface area contributed by atoms with E-state index in [4.69, 9.17) is 5.73 Å². The van der Waals surface area contributed by atoms with Crippen LogP contribution in [-0.4, -0.2) is 43.5 Å². The summed E-state index contributed by atoms with van der Waals surface area (Å²) in [5, 5.41) is 3.26. The van der Waals surface area contributed by atoms with Gasteiger partial charge in [-0.15, -0.1) is 0 Å². The Balaban J connectivity index is 4.37. The molecule has 90 valence electrons. The highest BCUT2D eigenvalue weighted by atomic mass is 16.2. The second-order valence-electron chi connectivity index (χ2n) is 4.72. The number of carbonyl (C=O) groups is 1. The van der Waals surface area contributed by atoms with Gasteiger partial charge in [-0.05, 0) is 19.3 Å². The summed E-state index contributed by atoms with van der Waals surface area (Å²) < 4.78 is 0. The quantitative estimate of drug-likeness (QED) is 0.675. The number of likely N-dealkylation sites (N-methyl/N-ethyl adjacent to an activating group) is 1. The fraction of sp³-hybridized carbons (Fsp3) is 0.909. The lowest BCUT2D eigenvalue weighted by molar-refractivity contribution is -0.131. The second kappa shape index (κ2) is 6.80. The second-order valence-corrected chi connectivity index (χ2v) is 4.72. The molecule has 4 heteroatoms. The van der Waals surface area contributed by atoms with Crippen molar-refractivity contribution in [1.29, 1.82) is 0 Å². The van der Waals surface area contributed by atoms with E-state index in [2.05, 4.69) is 19.2 Å². The highest BCUT2D eigenvalue weighted by molar-refractivity contribution is 5.81. The SMILES string of the molecule is CC(C)CC(NC(C)CN)C(=O)N(C)C. The first-order valence-electron chi connectivity index (χ1n) is 5.55. The average molecular weight is 215 g/mol. The Morgan fingerprint density at radius 3 is 2.20 bits per heavy atom.